The number of hydrogen-bond donors (Lipinski definition) is 1. The fourth-order valence-electron chi connectivity index (χ4n) is 3.06. The molecule has 0 bridgehead atoms. The normalized spacial score (nSPS) is 15.5. The fraction of sp³-hybridized carbons (Fsp3) is 0.300. The molecule has 0 atom stereocenters. The molecule has 6 nitrogen and oxygen atoms in total. The van der Waals surface area contributed by atoms with Gasteiger partial charge in [0.15, 0.2) is 6.61 Å². The highest BCUT2D eigenvalue weighted by atomic mass is 16.5. The lowest BCUT2D eigenvalue weighted by molar-refractivity contribution is -0.118. The van der Waals surface area contributed by atoms with E-state index in [4.69, 9.17) is 9.47 Å². The Morgan fingerprint density at radius 2 is 2.00 bits per heavy atom. The van der Waals surface area contributed by atoms with Crippen molar-refractivity contribution in [3.05, 3.63) is 53.6 Å². The van der Waals surface area contributed by atoms with Crippen molar-refractivity contribution in [1.82, 2.24) is 4.90 Å². The third-order valence-corrected chi connectivity index (χ3v) is 4.62. The summed E-state index contributed by atoms with van der Waals surface area (Å²) in [6, 6.07) is 13.2. The molecule has 2 aromatic rings. The minimum absolute atomic E-state index is 0.00591. The maximum Gasteiger partial charge on any atom is 0.262 e. The van der Waals surface area contributed by atoms with Crippen molar-refractivity contribution >= 4 is 17.5 Å². The zero-order valence-electron chi connectivity index (χ0n) is 14.5. The zero-order valence-corrected chi connectivity index (χ0v) is 14.5. The molecule has 0 aromatic heterocycles. The second-order valence-corrected chi connectivity index (χ2v) is 6.56. The summed E-state index contributed by atoms with van der Waals surface area (Å²) in [7, 11) is 1.63. The van der Waals surface area contributed by atoms with Crippen LogP contribution < -0.4 is 14.8 Å². The summed E-state index contributed by atoms with van der Waals surface area (Å²) < 4.78 is 10.5. The highest BCUT2D eigenvalue weighted by Crippen LogP contribution is 2.33. The molecule has 2 aliphatic rings. The van der Waals surface area contributed by atoms with E-state index in [2.05, 4.69) is 5.32 Å². The van der Waals surface area contributed by atoms with Gasteiger partial charge in [0, 0.05) is 18.2 Å². The number of nitrogens with one attached hydrogen (secondary N) is 1. The minimum Gasteiger partial charge on any atom is -0.497 e. The van der Waals surface area contributed by atoms with Gasteiger partial charge in [0.05, 0.1) is 12.8 Å². The Labute approximate surface area is 151 Å². The summed E-state index contributed by atoms with van der Waals surface area (Å²) in [6.07, 6.45) is 2.04. The number of fused-ring (bicyclic) bond motifs is 1. The number of nitrogens with zero attached hydrogens (tertiary/aromatic N) is 1. The molecular weight excluding hydrogens is 332 g/mol. The molecule has 2 amide bonds. The van der Waals surface area contributed by atoms with Crippen molar-refractivity contribution in [2.24, 2.45) is 0 Å². The van der Waals surface area contributed by atoms with Crippen LogP contribution in [0.2, 0.25) is 0 Å². The molecule has 0 saturated heterocycles. The molecule has 6 heteroatoms. The molecule has 134 valence electrons. The first-order valence-electron chi connectivity index (χ1n) is 8.64. The van der Waals surface area contributed by atoms with E-state index in [0.717, 1.165) is 24.2 Å². The van der Waals surface area contributed by atoms with Gasteiger partial charge in [-0.25, -0.2) is 0 Å². The third-order valence-electron chi connectivity index (χ3n) is 4.62. The quantitative estimate of drug-likeness (QED) is 0.898. The van der Waals surface area contributed by atoms with Crippen molar-refractivity contribution < 1.29 is 19.1 Å². The molecule has 26 heavy (non-hydrogen) atoms. The van der Waals surface area contributed by atoms with Crippen LogP contribution in [0.3, 0.4) is 0 Å². The van der Waals surface area contributed by atoms with Gasteiger partial charge >= 0.3 is 0 Å². The van der Waals surface area contributed by atoms with Gasteiger partial charge in [0.1, 0.15) is 11.5 Å². The number of methoxy groups -OCH3 is 1. The van der Waals surface area contributed by atoms with Crippen LogP contribution in [0.25, 0.3) is 0 Å². The molecule has 4 rings (SSSR count). The lowest BCUT2D eigenvalue weighted by Gasteiger charge is -2.24. The average molecular weight is 352 g/mol. The van der Waals surface area contributed by atoms with E-state index < -0.39 is 0 Å². The van der Waals surface area contributed by atoms with Gasteiger partial charge in [-0.2, -0.15) is 0 Å². The van der Waals surface area contributed by atoms with Crippen LogP contribution >= 0.6 is 0 Å². The van der Waals surface area contributed by atoms with Crippen LogP contribution in [-0.2, 0) is 11.3 Å². The monoisotopic (exact) mass is 352 g/mol. The predicted octanol–water partition coefficient (Wildman–Crippen LogP) is 2.83. The second-order valence-electron chi connectivity index (χ2n) is 6.56. The molecule has 1 N–H and O–H groups in total. The first kappa shape index (κ1) is 16.4. The van der Waals surface area contributed by atoms with E-state index >= 15 is 0 Å². The largest absolute Gasteiger partial charge is 0.497 e. The second kappa shape index (κ2) is 6.71. The van der Waals surface area contributed by atoms with Gasteiger partial charge in [0.2, 0.25) is 0 Å². The summed E-state index contributed by atoms with van der Waals surface area (Å²) in [5.74, 6) is 1.14. The number of hydrogen-bond acceptors (Lipinski definition) is 4. The Kier molecular flexibility index (Phi) is 4.24. The van der Waals surface area contributed by atoms with E-state index in [1.54, 1.807) is 25.3 Å². The lowest BCUT2D eigenvalue weighted by Crippen LogP contribution is -2.33. The number of anilines is 1. The summed E-state index contributed by atoms with van der Waals surface area (Å²) in [5, 5.41) is 2.75. The standard InChI is InChI=1S/C20H20N2O4/c1-25-16-7-2-13(3-8-16)11-22(15-5-6-15)20(24)14-4-9-18-17(10-14)21-19(23)12-26-18/h2-4,7-10,15H,5-6,11-12H2,1H3,(H,21,23). The van der Waals surface area contributed by atoms with E-state index in [-0.39, 0.29) is 24.5 Å². The maximum absolute atomic E-state index is 13.1. The summed E-state index contributed by atoms with van der Waals surface area (Å²) in [5.41, 5.74) is 2.16. The smallest absolute Gasteiger partial charge is 0.262 e. The number of amides is 2. The number of carbonyl (C=O) groups excluding carboxylic acids is 2. The van der Waals surface area contributed by atoms with E-state index in [1.165, 1.54) is 0 Å². The number of carbonyl (C=O) groups is 2. The van der Waals surface area contributed by atoms with Crippen molar-refractivity contribution in [2.75, 3.05) is 19.0 Å². The third kappa shape index (κ3) is 3.35. The molecular formula is C20H20N2O4. The first-order valence-corrected chi connectivity index (χ1v) is 8.64. The molecule has 0 spiro atoms. The Bertz CT molecular complexity index is 843. The first-order chi connectivity index (χ1) is 12.6. The van der Waals surface area contributed by atoms with Gasteiger partial charge in [-0.3, -0.25) is 9.59 Å². The van der Waals surface area contributed by atoms with E-state index in [1.807, 2.05) is 29.2 Å². The molecule has 1 aliphatic heterocycles. The maximum atomic E-state index is 13.1. The van der Waals surface area contributed by atoms with Gasteiger partial charge in [-0.05, 0) is 48.7 Å². The molecule has 1 aliphatic carbocycles. The van der Waals surface area contributed by atoms with Gasteiger partial charge in [-0.15, -0.1) is 0 Å². The van der Waals surface area contributed by atoms with E-state index in [0.29, 0.717) is 23.5 Å². The topological polar surface area (TPSA) is 67.9 Å². The van der Waals surface area contributed by atoms with Crippen molar-refractivity contribution in [3.8, 4) is 11.5 Å². The zero-order chi connectivity index (χ0) is 18.1. The Morgan fingerprint density at radius 1 is 1.23 bits per heavy atom. The predicted molar refractivity (Wildman–Crippen MR) is 96.5 cm³/mol. The molecule has 1 saturated carbocycles. The number of benzene rings is 2. The Hall–Kier alpha value is -3.02. The fourth-order valence-corrected chi connectivity index (χ4v) is 3.06. The van der Waals surface area contributed by atoms with Crippen LogP contribution in [0, 0.1) is 0 Å². The molecule has 1 fully saturated rings. The van der Waals surface area contributed by atoms with Crippen molar-refractivity contribution in [3.63, 3.8) is 0 Å². The highest BCUT2D eigenvalue weighted by Gasteiger charge is 2.33. The van der Waals surface area contributed by atoms with Gasteiger partial charge in [-0.1, -0.05) is 12.1 Å². The SMILES string of the molecule is COc1ccc(CN(C(=O)c2ccc3c(c2)NC(=O)CO3)C2CC2)cc1. The summed E-state index contributed by atoms with van der Waals surface area (Å²) in [6.45, 7) is 0.555. The molecule has 0 radical (unpaired) electrons. The van der Waals surface area contributed by atoms with Gasteiger partial charge < -0.3 is 19.7 Å². The molecule has 0 unspecified atom stereocenters. The van der Waals surface area contributed by atoms with Gasteiger partial charge in [0.25, 0.3) is 11.8 Å². The minimum atomic E-state index is -0.209. The van der Waals surface area contributed by atoms with E-state index in [9.17, 15) is 9.59 Å². The van der Waals surface area contributed by atoms with Crippen molar-refractivity contribution in [1.29, 1.82) is 0 Å². The average Bonchev–Trinajstić information content (AvgIpc) is 3.50. The van der Waals surface area contributed by atoms with Crippen LogP contribution in [0.15, 0.2) is 42.5 Å². The van der Waals surface area contributed by atoms with Crippen LogP contribution in [-0.4, -0.2) is 36.5 Å². The number of rotatable bonds is 5. The Morgan fingerprint density at radius 3 is 2.69 bits per heavy atom. The summed E-state index contributed by atoms with van der Waals surface area (Å²) >= 11 is 0. The van der Waals surface area contributed by atoms with Crippen LogP contribution in [0.1, 0.15) is 28.8 Å². The summed E-state index contributed by atoms with van der Waals surface area (Å²) in [4.78, 5) is 26.5. The lowest BCUT2D eigenvalue weighted by atomic mass is 10.1. The van der Waals surface area contributed by atoms with Crippen LogP contribution in [0.5, 0.6) is 11.5 Å². The highest BCUT2D eigenvalue weighted by molar-refractivity contribution is 6.00. The van der Waals surface area contributed by atoms with Crippen LogP contribution in [0.4, 0.5) is 5.69 Å². The van der Waals surface area contributed by atoms with Crippen molar-refractivity contribution in [2.45, 2.75) is 25.4 Å². The Balaban J connectivity index is 1.55. The molecule has 2 aromatic carbocycles. The number of ether oxygens (including phenoxy) is 2. The molecule has 1 heterocycles.